The van der Waals surface area contributed by atoms with Crippen LogP contribution in [0.5, 0.6) is 11.5 Å². The van der Waals surface area contributed by atoms with E-state index in [4.69, 9.17) is 4.74 Å². The number of hydrogen-bond donors (Lipinski definition) is 2. The van der Waals surface area contributed by atoms with Crippen molar-refractivity contribution in [1.82, 2.24) is 4.98 Å². The molecule has 2 heterocycles. The Morgan fingerprint density at radius 3 is 2.46 bits per heavy atom. The van der Waals surface area contributed by atoms with Crippen molar-refractivity contribution in [3.05, 3.63) is 89.0 Å². The van der Waals surface area contributed by atoms with E-state index < -0.39 is 35.1 Å². The van der Waals surface area contributed by atoms with Gasteiger partial charge in [-0.1, -0.05) is 17.4 Å². The first-order valence-electron chi connectivity index (χ1n) is 10.3. The Hall–Kier alpha value is -4.31. The van der Waals surface area contributed by atoms with Crippen LogP contribution in [-0.2, 0) is 9.59 Å². The van der Waals surface area contributed by atoms with Crippen molar-refractivity contribution in [3.8, 4) is 11.5 Å². The number of aliphatic hydroxyl groups is 1. The lowest BCUT2D eigenvalue weighted by molar-refractivity contribution is -0.132. The summed E-state index contributed by atoms with van der Waals surface area (Å²) in [7, 11) is 1.34. The fourth-order valence-corrected chi connectivity index (χ4v) is 4.98. The van der Waals surface area contributed by atoms with E-state index in [0.29, 0.717) is 15.8 Å². The van der Waals surface area contributed by atoms with Crippen molar-refractivity contribution in [3.63, 3.8) is 0 Å². The van der Waals surface area contributed by atoms with Gasteiger partial charge in [-0.25, -0.2) is 13.8 Å². The fraction of sp³-hybridized carbons (Fsp3) is 0.0800. The van der Waals surface area contributed by atoms with Crippen molar-refractivity contribution in [2.24, 2.45) is 0 Å². The Morgan fingerprint density at radius 1 is 1.03 bits per heavy atom. The van der Waals surface area contributed by atoms with Crippen molar-refractivity contribution < 1.29 is 33.3 Å². The summed E-state index contributed by atoms with van der Waals surface area (Å²) in [6.07, 6.45) is 0. The molecule has 1 aliphatic heterocycles. The number of ketones is 1. The summed E-state index contributed by atoms with van der Waals surface area (Å²) in [6, 6.07) is 11.9. The molecular formula is C25H16F2N2O5S. The smallest absolute Gasteiger partial charge is 0.301 e. The summed E-state index contributed by atoms with van der Waals surface area (Å²) in [5.74, 6) is -3.53. The van der Waals surface area contributed by atoms with Gasteiger partial charge in [0.05, 0.1) is 28.9 Å². The average Bonchev–Trinajstić information content (AvgIpc) is 3.37. The molecule has 176 valence electrons. The largest absolute Gasteiger partial charge is 0.507 e. The highest BCUT2D eigenvalue weighted by Gasteiger charge is 2.48. The quantitative estimate of drug-likeness (QED) is 0.238. The predicted octanol–water partition coefficient (Wildman–Crippen LogP) is 4.92. The van der Waals surface area contributed by atoms with Crippen LogP contribution in [0.15, 0.2) is 66.2 Å². The predicted molar refractivity (Wildman–Crippen MR) is 125 cm³/mol. The van der Waals surface area contributed by atoms with Crippen LogP contribution in [-0.4, -0.2) is 34.0 Å². The number of phenols is 1. The van der Waals surface area contributed by atoms with E-state index in [1.54, 1.807) is 0 Å². The molecule has 2 N–H and O–H groups in total. The van der Waals surface area contributed by atoms with Crippen LogP contribution >= 0.6 is 11.3 Å². The molecular weight excluding hydrogens is 478 g/mol. The third-order valence-corrected chi connectivity index (χ3v) is 6.64. The molecule has 1 aliphatic rings. The highest BCUT2D eigenvalue weighted by atomic mass is 32.1. The first-order valence-corrected chi connectivity index (χ1v) is 11.1. The van der Waals surface area contributed by atoms with Gasteiger partial charge in [0.2, 0.25) is 0 Å². The molecule has 3 aromatic carbocycles. The van der Waals surface area contributed by atoms with E-state index in [1.165, 1.54) is 55.6 Å². The molecule has 1 unspecified atom stereocenters. The number of amides is 1. The lowest BCUT2D eigenvalue weighted by Crippen LogP contribution is -2.29. The number of ether oxygens (including phenoxy) is 1. The number of fused-ring (bicyclic) bond motifs is 1. The number of aliphatic hydroxyl groups excluding tert-OH is 1. The number of hydrogen-bond acceptors (Lipinski definition) is 7. The Bertz CT molecular complexity index is 1530. The molecule has 1 aromatic heterocycles. The number of halogens is 2. The normalized spacial score (nSPS) is 17.3. The van der Waals surface area contributed by atoms with Gasteiger partial charge in [-0.2, -0.15) is 0 Å². The Labute approximate surface area is 201 Å². The summed E-state index contributed by atoms with van der Waals surface area (Å²) in [5, 5.41) is 21.2. The van der Waals surface area contributed by atoms with E-state index in [1.807, 2.05) is 0 Å². The number of anilines is 1. The fourth-order valence-electron chi connectivity index (χ4n) is 3.96. The monoisotopic (exact) mass is 494 g/mol. The molecule has 35 heavy (non-hydrogen) atoms. The number of Topliss-reactive ketones (excluding diaryl/α,β-unsaturated/α-hetero) is 1. The third kappa shape index (κ3) is 3.77. The van der Waals surface area contributed by atoms with Crippen molar-refractivity contribution >= 4 is 44.1 Å². The number of aromatic hydroxyl groups is 1. The van der Waals surface area contributed by atoms with Crippen molar-refractivity contribution in [2.45, 2.75) is 6.04 Å². The minimum absolute atomic E-state index is 0.0845. The minimum Gasteiger partial charge on any atom is -0.507 e. The molecule has 0 spiro atoms. The van der Waals surface area contributed by atoms with Gasteiger partial charge in [0.1, 0.15) is 17.4 Å². The van der Waals surface area contributed by atoms with E-state index in [9.17, 15) is 28.6 Å². The maximum absolute atomic E-state index is 13.7. The molecule has 1 amide bonds. The number of carbonyl (C=O) groups excluding carboxylic acids is 2. The van der Waals surface area contributed by atoms with E-state index in [-0.39, 0.29) is 27.8 Å². The zero-order valence-electron chi connectivity index (χ0n) is 18.0. The molecule has 0 saturated carbocycles. The van der Waals surface area contributed by atoms with Crippen LogP contribution in [0.4, 0.5) is 13.9 Å². The SMILES string of the molecule is COc1cc(C2/C(=C(\O)c3ccc(F)cc3)C(=O)C(=O)N2c2nc3ccc(F)cc3s2)ccc1O. The molecule has 5 rings (SSSR count). The minimum atomic E-state index is -1.15. The van der Waals surface area contributed by atoms with Gasteiger partial charge in [-0.15, -0.1) is 0 Å². The second kappa shape index (κ2) is 8.48. The number of aromatic nitrogens is 1. The molecule has 0 bridgehead atoms. The second-order valence-electron chi connectivity index (χ2n) is 7.72. The third-order valence-electron chi connectivity index (χ3n) is 5.63. The molecule has 0 radical (unpaired) electrons. The average molecular weight is 494 g/mol. The molecule has 0 aliphatic carbocycles. The lowest BCUT2D eigenvalue weighted by atomic mass is 9.95. The Balaban J connectivity index is 1.75. The maximum Gasteiger partial charge on any atom is 0.301 e. The second-order valence-corrected chi connectivity index (χ2v) is 8.72. The van der Waals surface area contributed by atoms with E-state index in [2.05, 4.69) is 4.98 Å². The van der Waals surface area contributed by atoms with Gasteiger partial charge in [-0.3, -0.25) is 14.5 Å². The van der Waals surface area contributed by atoms with Gasteiger partial charge < -0.3 is 14.9 Å². The molecule has 7 nitrogen and oxygen atoms in total. The molecule has 4 aromatic rings. The number of phenolic OH excluding ortho intramolecular Hbond substituents is 1. The summed E-state index contributed by atoms with van der Waals surface area (Å²) >= 11 is 1.00. The van der Waals surface area contributed by atoms with Gasteiger partial charge >= 0.3 is 5.91 Å². The zero-order chi connectivity index (χ0) is 24.9. The van der Waals surface area contributed by atoms with Crippen LogP contribution in [0.3, 0.4) is 0 Å². The number of nitrogens with zero attached hydrogens (tertiary/aromatic N) is 2. The number of carbonyl (C=O) groups is 2. The number of rotatable bonds is 4. The van der Waals surface area contributed by atoms with Gasteiger partial charge in [-0.05, 0) is 60.2 Å². The highest BCUT2D eigenvalue weighted by Crippen LogP contribution is 2.45. The molecule has 1 saturated heterocycles. The Kier molecular flexibility index (Phi) is 5.45. The lowest BCUT2D eigenvalue weighted by Gasteiger charge is -2.23. The highest BCUT2D eigenvalue weighted by molar-refractivity contribution is 7.22. The molecule has 10 heteroatoms. The topological polar surface area (TPSA) is 100.0 Å². The van der Waals surface area contributed by atoms with E-state index >= 15 is 0 Å². The summed E-state index contributed by atoms with van der Waals surface area (Å²) < 4.78 is 32.8. The van der Waals surface area contributed by atoms with Crippen LogP contribution in [0.1, 0.15) is 17.2 Å². The van der Waals surface area contributed by atoms with Crippen molar-refractivity contribution in [1.29, 1.82) is 0 Å². The number of methoxy groups -OCH3 is 1. The maximum atomic E-state index is 13.7. The first-order chi connectivity index (χ1) is 16.8. The van der Waals surface area contributed by atoms with Crippen LogP contribution in [0, 0.1) is 11.6 Å². The summed E-state index contributed by atoms with van der Waals surface area (Å²) in [6.45, 7) is 0. The van der Waals surface area contributed by atoms with Crippen molar-refractivity contribution in [2.75, 3.05) is 12.0 Å². The van der Waals surface area contributed by atoms with Crippen LogP contribution in [0.2, 0.25) is 0 Å². The zero-order valence-corrected chi connectivity index (χ0v) is 18.8. The molecule has 1 fully saturated rings. The summed E-state index contributed by atoms with van der Waals surface area (Å²) in [4.78, 5) is 32.0. The summed E-state index contributed by atoms with van der Waals surface area (Å²) in [5.41, 5.74) is 0.646. The molecule has 1 atom stereocenters. The number of benzene rings is 3. The number of thiazole rings is 1. The van der Waals surface area contributed by atoms with Gasteiger partial charge in [0.15, 0.2) is 16.6 Å². The van der Waals surface area contributed by atoms with Crippen LogP contribution < -0.4 is 9.64 Å². The van der Waals surface area contributed by atoms with Crippen LogP contribution in [0.25, 0.3) is 16.0 Å². The van der Waals surface area contributed by atoms with E-state index in [0.717, 1.165) is 28.4 Å². The Morgan fingerprint density at radius 2 is 1.74 bits per heavy atom. The first kappa shape index (κ1) is 22.5. The standard InChI is InChI=1S/C25H16F2N2O5S/c1-34-18-10-13(4-9-17(18)30)21-20(22(31)12-2-5-14(26)6-3-12)23(32)24(33)29(21)25-28-16-8-7-15(27)11-19(16)35-25/h2-11,21,30-31H,1H3/b22-20+. The van der Waals surface area contributed by atoms with Gasteiger partial charge in [0, 0.05) is 5.56 Å². The van der Waals surface area contributed by atoms with Gasteiger partial charge in [0.25, 0.3) is 5.78 Å².